The van der Waals surface area contributed by atoms with Crippen LogP contribution in [0.4, 0.5) is 5.69 Å². The summed E-state index contributed by atoms with van der Waals surface area (Å²) in [5, 5.41) is 10.2. The molecule has 0 saturated heterocycles. The molecule has 2 heterocycles. The summed E-state index contributed by atoms with van der Waals surface area (Å²) in [6, 6.07) is 10.8. The van der Waals surface area contributed by atoms with E-state index >= 15 is 0 Å². The summed E-state index contributed by atoms with van der Waals surface area (Å²) in [5.41, 5.74) is 3.35. The van der Waals surface area contributed by atoms with E-state index in [9.17, 15) is 14.7 Å². The molecule has 2 aromatic rings. The molecule has 29 heavy (non-hydrogen) atoms. The third-order valence-corrected chi connectivity index (χ3v) is 5.28. The second kappa shape index (κ2) is 7.16. The normalized spacial score (nSPS) is 18.6. The van der Waals surface area contributed by atoms with Crippen molar-refractivity contribution in [2.75, 3.05) is 25.7 Å². The van der Waals surface area contributed by atoms with Crippen molar-refractivity contribution >= 4 is 17.6 Å². The molecule has 4 rings (SSSR count). The van der Waals surface area contributed by atoms with Gasteiger partial charge in [0.15, 0.2) is 11.5 Å². The Morgan fingerprint density at radius 1 is 1.10 bits per heavy atom. The Balaban J connectivity index is 1.85. The van der Waals surface area contributed by atoms with E-state index in [1.165, 1.54) is 14.2 Å². The molecular weight excluding hydrogens is 374 g/mol. The zero-order chi connectivity index (χ0) is 20.7. The highest BCUT2D eigenvalue weighted by atomic mass is 16.5. The lowest BCUT2D eigenvalue weighted by atomic mass is 9.83. The number of carbonyl (C=O) groups excluding carboxylic acids is 2. The Hall–Kier alpha value is -3.48. The number of amides is 1. The smallest absolute Gasteiger partial charge is 0.336 e. The van der Waals surface area contributed by atoms with E-state index in [1.807, 2.05) is 31.2 Å². The van der Waals surface area contributed by atoms with Crippen LogP contribution in [0.2, 0.25) is 0 Å². The fraction of sp³-hybridized carbons (Fsp3) is 0.273. The molecule has 150 valence electrons. The molecule has 7 nitrogen and oxygen atoms in total. The molecule has 0 fully saturated rings. The molecule has 0 saturated carbocycles. The van der Waals surface area contributed by atoms with Crippen molar-refractivity contribution in [2.45, 2.75) is 19.3 Å². The van der Waals surface area contributed by atoms with Crippen LogP contribution in [0, 0.1) is 6.92 Å². The van der Waals surface area contributed by atoms with Crippen molar-refractivity contribution < 1.29 is 28.9 Å². The maximum absolute atomic E-state index is 13.1. The van der Waals surface area contributed by atoms with Crippen molar-refractivity contribution in [3.8, 4) is 17.2 Å². The first kappa shape index (κ1) is 18.9. The van der Waals surface area contributed by atoms with E-state index in [-0.39, 0.29) is 36.2 Å². The van der Waals surface area contributed by atoms with E-state index in [1.54, 1.807) is 17.0 Å². The molecule has 0 radical (unpaired) electrons. The van der Waals surface area contributed by atoms with Gasteiger partial charge in [-0.05, 0) is 42.3 Å². The number of cyclic esters (lactones) is 1. The predicted octanol–water partition coefficient (Wildman–Crippen LogP) is 3.05. The third-order valence-electron chi connectivity index (χ3n) is 5.28. The largest absolute Gasteiger partial charge is 0.502 e. The van der Waals surface area contributed by atoms with Gasteiger partial charge in [0.25, 0.3) is 0 Å². The number of phenolic OH excluding ortho intramolecular Hbond substituents is 1. The number of phenols is 1. The van der Waals surface area contributed by atoms with Gasteiger partial charge in [0.2, 0.25) is 11.7 Å². The van der Waals surface area contributed by atoms with Crippen molar-refractivity contribution in [3.05, 3.63) is 58.8 Å². The molecule has 2 aromatic carbocycles. The van der Waals surface area contributed by atoms with E-state index in [4.69, 9.17) is 14.2 Å². The zero-order valence-corrected chi connectivity index (χ0v) is 16.4. The summed E-state index contributed by atoms with van der Waals surface area (Å²) in [7, 11) is 2.86. The highest BCUT2D eigenvalue weighted by Crippen LogP contribution is 2.46. The number of carbonyl (C=O) groups is 2. The van der Waals surface area contributed by atoms with Crippen LogP contribution in [-0.4, -0.2) is 37.8 Å². The lowest BCUT2D eigenvalue weighted by molar-refractivity contribution is -0.136. The summed E-state index contributed by atoms with van der Waals surface area (Å²) in [4.78, 5) is 27.3. The monoisotopic (exact) mass is 395 g/mol. The molecule has 0 bridgehead atoms. The van der Waals surface area contributed by atoms with Gasteiger partial charge in [-0.1, -0.05) is 12.1 Å². The number of hydrogen-bond donors (Lipinski definition) is 1. The lowest BCUT2D eigenvalue weighted by Crippen LogP contribution is -2.37. The summed E-state index contributed by atoms with van der Waals surface area (Å²) in [5.74, 6) is -0.810. The number of hydrogen-bond acceptors (Lipinski definition) is 6. The summed E-state index contributed by atoms with van der Waals surface area (Å²) in [6.07, 6.45) is 0.0823. The van der Waals surface area contributed by atoms with Crippen LogP contribution < -0.4 is 14.4 Å². The standard InChI is InChI=1S/C22H21NO6/c1-12-5-4-6-14(7-12)23-16-11-29-22(26)20(16)15(10-19(23)24)13-8-17(27-2)21(25)18(9-13)28-3/h4-9,15,25H,10-11H2,1-3H3/t15-/m1/s1. The molecular formula is C22H21NO6. The van der Waals surface area contributed by atoms with E-state index in [2.05, 4.69) is 0 Å². The van der Waals surface area contributed by atoms with Crippen molar-refractivity contribution in [2.24, 2.45) is 0 Å². The van der Waals surface area contributed by atoms with E-state index < -0.39 is 11.9 Å². The van der Waals surface area contributed by atoms with Gasteiger partial charge in [0.05, 0.1) is 25.5 Å². The SMILES string of the molecule is COc1cc([C@H]2CC(=O)N(c3cccc(C)c3)C3=C2C(=O)OC3)cc(OC)c1O. The van der Waals surface area contributed by atoms with Crippen LogP contribution in [0.15, 0.2) is 47.7 Å². The fourth-order valence-electron chi connectivity index (χ4n) is 3.92. The Labute approximate surface area is 168 Å². The summed E-state index contributed by atoms with van der Waals surface area (Å²) < 4.78 is 15.8. The quantitative estimate of drug-likeness (QED) is 0.801. The molecule has 0 unspecified atom stereocenters. The first-order valence-corrected chi connectivity index (χ1v) is 9.19. The zero-order valence-electron chi connectivity index (χ0n) is 16.4. The van der Waals surface area contributed by atoms with Gasteiger partial charge in [-0.25, -0.2) is 4.79 Å². The number of aryl methyl sites for hydroxylation is 1. The van der Waals surface area contributed by atoms with E-state index in [0.29, 0.717) is 22.5 Å². The fourth-order valence-corrected chi connectivity index (χ4v) is 3.92. The maximum Gasteiger partial charge on any atom is 0.336 e. The van der Waals surface area contributed by atoms with Crippen LogP contribution in [0.25, 0.3) is 0 Å². The molecule has 7 heteroatoms. The van der Waals surface area contributed by atoms with Gasteiger partial charge >= 0.3 is 5.97 Å². The Morgan fingerprint density at radius 3 is 2.41 bits per heavy atom. The molecule has 0 spiro atoms. The van der Waals surface area contributed by atoms with Crippen molar-refractivity contribution in [1.82, 2.24) is 0 Å². The second-order valence-electron chi connectivity index (χ2n) is 7.04. The molecule has 2 aliphatic heterocycles. The molecule has 1 N–H and O–H groups in total. The average Bonchev–Trinajstić information content (AvgIpc) is 3.09. The number of ether oxygens (including phenoxy) is 3. The van der Waals surface area contributed by atoms with Gasteiger partial charge in [-0.15, -0.1) is 0 Å². The minimum absolute atomic E-state index is 0.0384. The van der Waals surface area contributed by atoms with Crippen LogP contribution in [0.5, 0.6) is 17.2 Å². The Morgan fingerprint density at radius 2 is 1.79 bits per heavy atom. The average molecular weight is 395 g/mol. The summed E-state index contributed by atoms with van der Waals surface area (Å²) >= 11 is 0. The van der Waals surface area contributed by atoms with Gasteiger partial charge < -0.3 is 19.3 Å². The molecule has 0 aromatic heterocycles. The van der Waals surface area contributed by atoms with Crippen LogP contribution in [-0.2, 0) is 14.3 Å². The topological polar surface area (TPSA) is 85.3 Å². The number of esters is 1. The lowest BCUT2D eigenvalue weighted by Gasteiger charge is -2.32. The number of aromatic hydroxyl groups is 1. The third kappa shape index (κ3) is 3.08. The predicted molar refractivity (Wildman–Crippen MR) is 105 cm³/mol. The van der Waals surface area contributed by atoms with E-state index in [0.717, 1.165) is 5.56 Å². The van der Waals surface area contributed by atoms with Gasteiger partial charge in [0.1, 0.15) is 6.61 Å². The Bertz CT molecular complexity index is 1020. The Kier molecular flexibility index (Phi) is 4.66. The minimum Gasteiger partial charge on any atom is -0.502 e. The summed E-state index contributed by atoms with van der Waals surface area (Å²) in [6.45, 7) is 1.98. The first-order valence-electron chi connectivity index (χ1n) is 9.19. The molecule has 1 amide bonds. The van der Waals surface area contributed by atoms with Crippen molar-refractivity contribution in [3.63, 3.8) is 0 Å². The molecule has 2 aliphatic rings. The number of rotatable bonds is 4. The van der Waals surface area contributed by atoms with Crippen LogP contribution >= 0.6 is 0 Å². The number of anilines is 1. The molecule has 1 atom stereocenters. The number of benzene rings is 2. The minimum atomic E-state index is -0.517. The number of nitrogens with zero attached hydrogens (tertiary/aromatic N) is 1. The highest BCUT2D eigenvalue weighted by molar-refractivity contribution is 6.06. The second-order valence-corrected chi connectivity index (χ2v) is 7.04. The van der Waals surface area contributed by atoms with Gasteiger partial charge in [-0.2, -0.15) is 0 Å². The van der Waals surface area contributed by atoms with Gasteiger partial charge in [0, 0.05) is 18.0 Å². The molecule has 0 aliphatic carbocycles. The number of methoxy groups -OCH3 is 2. The highest BCUT2D eigenvalue weighted by Gasteiger charge is 2.43. The van der Waals surface area contributed by atoms with Gasteiger partial charge in [-0.3, -0.25) is 9.69 Å². The maximum atomic E-state index is 13.1. The van der Waals surface area contributed by atoms with Crippen molar-refractivity contribution in [1.29, 1.82) is 0 Å². The van der Waals surface area contributed by atoms with Crippen LogP contribution in [0.3, 0.4) is 0 Å². The van der Waals surface area contributed by atoms with Crippen LogP contribution in [0.1, 0.15) is 23.5 Å². The first-order chi connectivity index (χ1) is 13.9.